The Morgan fingerprint density at radius 2 is 2.00 bits per heavy atom. The second kappa shape index (κ2) is 11.4. The van der Waals surface area contributed by atoms with Crippen LogP contribution in [0, 0.1) is 0 Å². The van der Waals surface area contributed by atoms with Crippen molar-refractivity contribution in [3.05, 3.63) is 23.9 Å². The highest BCUT2D eigenvalue weighted by molar-refractivity contribution is 5.79. The summed E-state index contributed by atoms with van der Waals surface area (Å²) >= 11 is 0. The van der Waals surface area contributed by atoms with Gasteiger partial charge < -0.3 is 25.3 Å². The van der Waals surface area contributed by atoms with Crippen LogP contribution in [-0.4, -0.2) is 86.7 Å². The predicted octanol–water partition coefficient (Wildman–Crippen LogP) is 1.76. The van der Waals surface area contributed by atoms with E-state index in [1.54, 1.807) is 0 Å². The average molecular weight is 402 g/mol. The van der Waals surface area contributed by atoms with Gasteiger partial charge in [-0.1, -0.05) is 12.5 Å². The second-order valence-corrected chi connectivity index (χ2v) is 8.36. The maximum Gasteiger partial charge on any atom is 0.191 e. The van der Waals surface area contributed by atoms with Crippen molar-refractivity contribution in [2.24, 2.45) is 4.99 Å². The lowest BCUT2D eigenvalue weighted by molar-refractivity contribution is 0.159. The SMILES string of the molecule is CN=C(NCCCN1CCCCC1C)NCc1cccnc1N1CCN(C)CC1. The summed E-state index contributed by atoms with van der Waals surface area (Å²) in [5, 5.41) is 6.94. The van der Waals surface area contributed by atoms with Gasteiger partial charge in [0.05, 0.1) is 0 Å². The zero-order valence-electron chi connectivity index (χ0n) is 18.5. The lowest BCUT2D eigenvalue weighted by Gasteiger charge is -2.34. The lowest BCUT2D eigenvalue weighted by atomic mass is 10.0. The molecule has 0 radical (unpaired) electrons. The van der Waals surface area contributed by atoms with Gasteiger partial charge in [0.1, 0.15) is 5.82 Å². The van der Waals surface area contributed by atoms with Gasteiger partial charge in [-0.25, -0.2) is 4.98 Å². The van der Waals surface area contributed by atoms with E-state index in [9.17, 15) is 0 Å². The number of hydrogen-bond acceptors (Lipinski definition) is 5. The highest BCUT2D eigenvalue weighted by atomic mass is 15.3. The summed E-state index contributed by atoms with van der Waals surface area (Å²) < 4.78 is 0. The number of nitrogens with one attached hydrogen (secondary N) is 2. The van der Waals surface area contributed by atoms with Crippen molar-refractivity contribution in [2.75, 3.05) is 64.8 Å². The molecular formula is C22H39N7. The molecule has 2 aliphatic heterocycles. The predicted molar refractivity (Wildman–Crippen MR) is 122 cm³/mol. The van der Waals surface area contributed by atoms with Crippen molar-refractivity contribution in [1.82, 2.24) is 25.4 Å². The summed E-state index contributed by atoms with van der Waals surface area (Å²) in [5.41, 5.74) is 1.22. The molecule has 2 N–H and O–H groups in total. The Hall–Kier alpha value is -1.86. The van der Waals surface area contributed by atoms with Gasteiger partial charge in [-0.3, -0.25) is 4.99 Å². The first-order chi connectivity index (χ1) is 14.2. The Bertz CT molecular complexity index is 640. The van der Waals surface area contributed by atoms with Gasteiger partial charge in [-0.05, 0) is 45.8 Å². The van der Waals surface area contributed by atoms with Crippen molar-refractivity contribution in [3.8, 4) is 0 Å². The van der Waals surface area contributed by atoms with Crippen molar-refractivity contribution in [3.63, 3.8) is 0 Å². The first-order valence-electron chi connectivity index (χ1n) is 11.2. The van der Waals surface area contributed by atoms with E-state index in [2.05, 4.69) is 55.3 Å². The van der Waals surface area contributed by atoms with E-state index < -0.39 is 0 Å². The minimum absolute atomic E-state index is 0.734. The molecule has 1 atom stereocenters. The van der Waals surface area contributed by atoms with Gasteiger partial charge in [-0.2, -0.15) is 0 Å². The number of pyridine rings is 1. The summed E-state index contributed by atoms with van der Waals surface area (Å²) in [6.45, 7) is 10.7. The van der Waals surface area contributed by atoms with Gasteiger partial charge in [-0.15, -0.1) is 0 Å². The molecule has 0 aliphatic carbocycles. The maximum atomic E-state index is 4.67. The molecule has 3 rings (SSSR count). The van der Waals surface area contributed by atoms with E-state index in [4.69, 9.17) is 0 Å². The molecule has 1 aromatic rings. The second-order valence-electron chi connectivity index (χ2n) is 8.36. The third-order valence-corrected chi connectivity index (χ3v) is 6.20. The van der Waals surface area contributed by atoms with Crippen LogP contribution in [0.4, 0.5) is 5.82 Å². The highest BCUT2D eigenvalue weighted by Crippen LogP contribution is 2.18. The number of anilines is 1. The fourth-order valence-electron chi connectivity index (χ4n) is 4.25. The first kappa shape index (κ1) is 21.8. The topological polar surface area (TPSA) is 59.0 Å². The molecule has 0 bridgehead atoms. The van der Waals surface area contributed by atoms with E-state index in [0.29, 0.717) is 0 Å². The molecule has 29 heavy (non-hydrogen) atoms. The zero-order chi connectivity index (χ0) is 20.5. The van der Waals surface area contributed by atoms with Crippen LogP contribution < -0.4 is 15.5 Å². The van der Waals surface area contributed by atoms with E-state index >= 15 is 0 Å². The van der Waals surface area contributed by atoms with Crippen LogP contribution in [0.25, 0.3) is 0 Å². The number of hydrogen-bond donors (Lipinski definition) is 2. The van der Waals surface area contributed by atoms with Gasteiger partial charge in [0.2, 0.25) is 0 Å². The van der Waals surface area contributed by atoms with Crippen molar-refractivity contribution in [1.29, 1.82) is 0 Å². The van der Waals surface area contributed by atoms with Crippen molar-refractivity contribution < 1.29 is 0 Å². The number of aromatic nitrogens is 1. The molecule has 7 heteroatoms. The Balaban J connectivity index is 1.43. The van der Waals surface area contributed by atoms with Crippen LogP contribution in [0.5, 0.6) is 0 Å². The molecule has 162 valence electrons. The molecule has 2 saturated heterocycles. The molecule has 0 amide bonds. The molecular weight excluding hydrogens is 362 g/mol. The summed E-state index contributed by atoms with van der Waals surface area (Å²) in [5.74, 6) is 1.97. The summed E-state index contributed by atoms with van der Waals surface area (Å²) in [4.78, 5) is 16.5. The largest absolute Gasteiger partial charge is 0.356 e. The minimum atomic E-state index is 0.734. The quantitative estimate of drug-likeness (QED) is 0.413. The van der Waals surface area contributed by atoms with E-state index in [-0.39, 0.29) is 0 Å². The van der Waals surface area contributed by atoms with Gasteiger partial charge in [0, 0.05) is 70.7 Å². The van der Waals surface area contributed by atoms with Gasteiger partial charge in [0.25, 0.3) is 0 Å². The van der Waals surface area contributed by atoms with Crippen LogP contribution in [0.3, 0.4) is 0 Å². The molecule has 2 aliphatic rings. The third-order valence-electron chi connectivity index (χ3n) is 6.20. The van der Waals surface area contributed by atoms with Gasteiger partial charge in [0.15, 0.2) is 5.96 Å². The number of piperidine rings is 1. The number of rotatable bonds is 7. The Kier molecular flexibility index (Phi) is 8.55. The molecule has 7 nitrogen and oxygen atoms in total. The monoisotopic (exact) mass is 401 g/mol. The summed E-state index contributed by atoms with van der Waals surface area (Å²) in [6, 6.07) is 4.92. The molecule has 0 saturated carbocycles. The molecule has 1 unspecified atom stereocenters. The molecule has 1 aromatic heterocycles. The first-order valence-corrected chi connectivity index (χ1v) is 11.2. The van der Waals surface area contributed by atoms with Crippen LogP contribution in [-0.2, 0) is 6.54 Å². The number of aliphatic imine (C=N–C) groups is 1. The van der Waals surface area contributed by atoms with Crippen LogP contribution in [0.2, 0.25) is 0 Å². The minimum Gasteiger partial charge on any atom is -0.356 e. The van der Waals surface area contributed by atoms with Crippen LogP contribution in [0.1, 0.15) is 38.2 Å². The van der Waals surface area contributed by atoms with E-state index in [1.807, 2.05) is 19.3 Å². The summed E-state index contributed by atoms with van der Waals surface area (Å²) in [7, 11) is 4.02. The smallest absolute Gasteiger partial charge is 0.191 e. The molecule has 2 fully saturated rings. The highest BCUT2D eigenvalue weighted by Gasteiger charge is 2.18. The fraction of sp³-hybridized carbons (Fsp3) is 0.727. The average Bonchev–Trinajstić information content (AvgIpc) is 2.75. The number of piperazine rings is 1. The van der Waals surface area contributed by atoms with Crippen molar-refractivity contribution in [2.45, 2.75) is 45.2 Å². The van der Waals surface area contributed by atoms with Crippen LogP contribution >= 0.6 is 0 Å². The summed E-state index contributed by atoms with van der Waals surface area (Å²) in [6.07, 6.45) is 7.12. The standard InChI is InChI=1S/C22H39N7/c1-19-8-4-5-12-28(19)13-7-11-25-22(23-2)26-18-20-9-6-10-24-21(20)29-16-14-27(3)15-17-29/h6,9-10,19H,4-5,7-8,11-18H2,1-3H3,(H2,23,25,26). The molecule has 0 spiro atoms. The fourth-order valence-corrected chi connectivity index (χ4v) is 4.25. The zero-order valence-corrected chi connectivity index (χ0v) is 18.5. The van der Waals surface area contributed by atoms with Crippen LogP contribution in [0.15, 0.2) is 23.3 Å². The molecule has 0 aromatic carbocycles. The number of guanidine groups is 1. The Labute approximate surface area is 176 Å². The number of nitrogens with zero attached hydrogens (tertiary/aromatic N) is 5. The third kappa shape index (κ3) is 6.57. The Morgan fingerprint density at radius 3 is 2.76 bits per heavy atom. The maximum absolute atomic E-state index is 4.67. The molecule has 3 heterocycles. The van der Waals surface area contributed by atoms with Gasteiger partial charge >= 0.3 is 0 Å². The normalized spacial score (nSPS) is 22.0. The van der Waals surface area contributed by atoms with E-state index in [1.165, 1.54) is 37.9 Å². The van der Waals surface area contributed by atoms with Crippen molar-refractivity contribution >= 4 is 11.8 Å². The van der Waals surface area contributed by atoms with E-state index in [0.717, 1.165) is 63.5 Å². The number of likely N-dealkylation sites (tertiary alicyclic amines) is 1. The number of likely N-dealkylation sites (N-methyl/N-ethyl adjacent to an activating group) is 1. The lowest BCUT2D eigenvalue weighted by Crippen LogP contribution is -2.45. The Morgan fingerprint density at radius 1 is 1.17 bits per heavy atom.